The molecule has 8 heteroatoms. The van der Waals surface area contributed by atoms with Gasteiger partial charge in [-0.15, -0.1) is 22.6 Å². The molecule has 0 N–H and O–H groups in total. The Labute approximate surface area is 119 Å². The van der Waals surface area contributed by atoms with Crippen molar-refractivity contribution < 1.29 is 32.5 Å². The molecule has 0 saturated heterocycles. The average molecular weight is 314 g/mol. The molecule has 0 aliphatic carbocycles. The summed E-state index contributed by atoms with van der Waals surface area (Å²) >= 11 is 0. The van der Waals surface area contributed by atoms with Gasteiger partial charge in [-0.05, 0) is 15.5 Å². The number of rotatable bonds is 14. The third-order valence-electron chi connectivity index (χ3n) is 2.63. The van der Waals surface area contributed by atoms with Gasteiger partial charge in [0.1, 0.15) is 0 Å². The van der Waals surface area contributed by atoms with E-state index in [4.69, 9.17) is 14.0 Å². The molecule has 0 heterocycles. The normalized spacial score (nSPS) is 11.8. The second-order valence-corrected chi connectivity index (χ2v) is 5.08. The quantitative estimate of drug-likeness (QED) is 0.277. The molecule has 0 aliphatic heterocycles. The van der Waals surface area contributed by atoms with E-state index in [9.17, 15) is 9.05 Å². The van der Waals surface area contributed by atoms with Crippen molar-refractivity contribution in [2.24, 2.45) is 5.41 Å². The van der Waals surface area contributed by atoms with Crippen LogP contribution in [-0.2, 0) is 23.5 Å². The van der Waals surface area contributed by atoms with Crippen molar-refractivity contribution in [3.63, 3.8) is 0 Å². The van der Waals surface area contributed by atoms with Crippen LogP contribution in [0.15, 0.2) is 25.3 Å². The minimum Gasteiger partial charge on any atom is -0.377 e. The minimum absolute atomic E-state index is 0.0304. The predicted molar refractivity (Wildman–Crippen MR) is 72.0 cm³/mol. The van der Waals surface area contributed by atoms with Gasteiger partial charge in [-0.1, -0.05) is 19.1 Å². The van der Waals surface area contributed by atoms with Crippen molar-refractivity contribution in [1.82, 2.24) is 0 Å². The van der Waals surface area contributed by atoms with Gasteiger partial charge in [-0.3, -0.25) is 0 Å². The van der Waals surface area contributed by atoms with Crippen molar-refractivity contribution in [2.75, 3.05) is 33.0 Å². The van der Waals surface area contributed by atoms with Gasteiger partial charge >= 0.3 is 8.60 Å². The third-order valence-corrected chi connectivity index (χ3v) is 3.19. The Morgan fingerprint density at radius 2 is 1.50 bits per heavy atom. The van der Waals surface area contributed by atoms with Crippen LogP contribution in [0.3, 0.4) is 0 Å². The standard InChI is InChI=1S/C12H21F2O5P/c1-4-7-15-9-12(6-3,10-16-8-5-2)11-17-20(18-13)19-14/h4-5H,1-2,6-11H2,3H3. The second-order valence-electron chi connectivity index (χ2n) is 4.10. The molecule has 0 fully saturated rings. The van der Waals surface area contributed by atoms with Gasteiger partial charge in [0.25, 0.3) is 0 Å². The molecule has 0 radical (unpaired) electrons. The first kappa shape index (κ1) is 19.6. The predicted octanol–water partition coefficient (Wildman–Crippen LogP) is 3.83. The molecule has 0 spiro atoms. The Bertz CT molecular complexity index is 250. The Morgan fingerprint density at radius 1 is 1.00 bits per heavy atom. The lowest BCUT2D eigenvalue weighted by atomic mass is 9.88. The van der Waals surface area contributed by atoms with Crippen LogP contribution in [0.4, 0.5) is 9.05 Å². The van der Waals surface area contributed by atoms with E-state index in [-0.39, 0.29) is 19.8 Å². The largest absolute Gasteiger partial charge is 0.403 e. The number of halogens is 2. The van der Waals surface area contributed by atoms with Crippen molar-refractivity contribution in [3.8, 4) is 0 Å². The number of hydrogen-bond acceptors (Lipinski definition) is 5. The Morgan fingerprint density at radius 3 is 1.85 bits per heavy atom. The molecule has 0 saturated carbocycles. The second kappa shape index (κ2) is 12.3. The fraction of sp³-hybridized carbons (Fsp3) is 0.667. The van der Waals surface area contributed by atoms with E-state index in [1.807, 2.05) is 6.92 Å². The van der Waals surface area contributed by atoms with Crippen LogP contribution in [0.5, 0.6) is 0 Å². The highest BCUT2D eigenvalue weighted by molar-refractivity contribution is 7.41. The zero-order chi connectivity index (χ0) is 15.3. The molecule has 0 aliphatic rings. The molecule has 0 rings (SSSR count). The SMILES string of the molecule is C=CCOCC(CC)(COCC=C)COP(OF)OF. The lowest BCUT2D eigenvalue weighted by Crippen LogP contribution is -2.36. The van der Waals surface area contributed by atoms with E-state index in [0.717, 1.165) is 0 Å². The van der Waals surface area contributed by atoms with Crippen LogP contribution in [0.1, 0.15) is 13.3 Å². The molecule has 0 amide bonds. The monoisotopic (exact) mass is 314 g/mol. The summed E-state index contributed by atoms with van der Waals surface area (Å²) in [5, 5.41) is 0. The Kier molecular flexibility index (Phi) is 12.1. The molecular formula is C12H21F2O5P. The van der Waals surface area contributed by atoms with E-state index < -0.39 is 14.0 Å². The van der Waals surface area contributed by atoms with Crippen molar-refractivity contribution in [3.05, 3.63) is 25.3 Å². The molecule has 0 aromatic rings. The number of ether oxygens (including phenoxy) is 2. The molecule has 20 heavy (non-hydrogen) atoms. The number of hydrogen-bond donors (Lipinski definition) is 0. The van der Waals surface area contributed by atoms with E-state index in [1.165, 1.54) is 0 Å². The molecule has 0 aromatic heterocycles. The fourth-order valence-electron chi connectivity index (χ4n) is 1.39. The molecule has 0 atom stereocenters. The Balaban J connectivity index is 4.52. The van der Waals surface area contributed by atoms with E-state index in [0.29, 0.717) is 19.6 Å². The highest BCUT2D eigenvalue weighted by Gasteiger charge is 2.32. The van der Waals surface area contributed by atoms with Crippen LogP contribution >= 0.6 is 8.60 Å². The van der Waals surface area contributed by atoms with E-state index >= 15 is 0 Å². The lowest BCUT2D eigenvalue weighted by molar-refractivity contribution is -0.108. The van der Waals surface area contributed by atoms with Gasteiger partial charge in [-0.2, -0.15) is 0 Å². The summed E-state index contributed by atoms with van der Waals surface area (Å²) in [4.78, 5) is 0. The summed E-state index contributed by atoms with van der Waals surface area (Å²) in [6.07, 6.45) is 3.82. The first-order chi connectivity index (χ1) is 9.67. The molecule has 0 bridgehead atoms. The van der Waals surface area contributed by atoms with Crippen LogP contribution in [-0.4, -0.2) is 33.0 Å². The summed E-state index contributed by atoms with van der Waals surface area (Å²) < 4.78 is 46.0. The highest BCUT2D eigenvalue weighted by Crippen LogP contribution is 2.42. The maximum absolute atomic E-state index is 11.9. The van der Waals surface area contributed by atoms with Gasteiger partial charge in [0.05, 0.1) is 33.0 Å². The van der Waals surface area contributed by atoms with Crippen LogP contribution in [0, 0.1) is 5.41 Å². The molecular weight excluding hydrogens is 293 g/mol. The maximum Gasteiger partial charge on any atom is 0.403 e. The summed E-state index contributed by atoms with van der Waals surface area (Å²) in [7, 11) is -2.65. The zero-order valence-corrected chi connectivity index (χ0v) is 12.5. The average Bonchev–Trinajstić information content (AvgIpc) is 2.48. The fourth-order valence-corrected chi connectivity index (χ4v) is 1.87. The van der Waals surface area contributed by atoms with Gasteiger partial charge < -0.3 is 14.0 Å². The van der Waals surface area contributed by atoms with Crippen LogP contribution < -0.4 is 0 Å². The summed E-state index contributed by atoms with van der Waals surface area (Å²) in [6.45, 7) is 10.2. The minimum atomic E-state index is -2.65. The van der Waals surface area contributed by atoms with Crippen LogP contribution in [0.2, 0.25) is 0 Å². The summed E-state index contributed by atoms with van der Waals surface area (Å²) in [6, 6.07) is 0. The Hall–Kier alpha value is -0.430. The molecule has 0 unspecified atom stereocenters. The van der Waals surface area contributed by atoms with E-state index in [1.54, 1.807) is 12.2 Å². The van der Waals surface area contributed by atoms with Crippen molar-refractivity contribution in [1.29, 1.82) is 0 Å². The smallest absolute Gasteiger partial charge is 0.377 e. The topological polar surface area (TPSA) is 46.2 Å². The van der Waals surface area contributed by atoms with E-state index in [2.05, 4.69) is 22.6 Å². The van der Waals surface area contributed by atoms with Crippen LogP contribution in [0.25, 0.3) is 0 Å². The zero-order valence-electron chi connectivity index (χ0n) is 11.6. The molecule has 118 valence electrons. The third kappa shape index (κ3) is 7.99. The lowest BCUT2D eigenvalue weighted by Gasteiger charge is -2.31. The van der Waals surface area contributed by atoms with Crippen molar-refractivity contribution >= 4 is 8.60 Å². The van der Waals surface area contributed by atoms with Gasteiger partial charge in [0.15, 0.2) is 0 Å². The first-order valence-electron chi connectivity index (χ1n) is 6.05. The van der Waals surface area contributed by atoms with Crippen molar-refractivity contribution in [2.45, 2.75) is 13.3 Å². The molecule has 5 nitrogen and oxygen atoms in total. The maximum atomic E-state index is 11.9. The van der Waals surface area contributed by atoms with Gasteiger partial charge in [0.2, 0.25) is 0 Å². The summed E-state index contributed by atoms with van der Waals surface area (Å²) in [5.74, 6) is 0. The summed E-state index contributed by atoms with van der Waals surface area (Å²) in [5.41, 5.74) is -0.566. The first-order valence-corrected chi connectivity index (χ1v) is 7.15. The van der Waals surface area contributed by atoms with Gasteiger partial charge in [0, 0.05) is 5.41 Å². The molecule has 0 aromatic carbocycles. The van der Waals surface area contributed by atoms with Gasteiger partial charge in [-0.25, -0.2) is 0 Å². The highest BCUT2D eigenvalue weighted by atomic mass is 31.2.